The normalized spacial score (nSPS) is 13.9. The molecule has 1 aromatic heterocycles. The van der Waals surface area contributed by atoms with E-state index in [2.05, 4.69) is 15.0 Å². The molecule has 2 aromatic rings. The van der Waals surface area contributed by atoms with E-state index in [0.717, 1.165) is 5.56 Å². The van der Waals surface area contributed by atoms with Gasteiger partial charge in [0.2, 0.25) is 5.90 Å². The monoisotopic (exact) mass is 319 g/mol. The van der Waals surface area contributed by atoms with Crippen molar-refractivity contribution in [3.05, 3.63) is 57.8 Å². The molecule has 0 amide bonds. The van der Waals surface area contributed by atoms with Crippen LogP contribution in [-0.4, -0.2) is 30.2 Å². The van der Waals surface area contributed by atoms with E-state index in [1.54, 1.807) is 19.2 Å². The molecule has 0 bridgehead atoms. The first kappa shape index (κ1) is 14.0. The zero-order valence-electron chi connectivity index (χ0n) is 11.2. The van der Waals surface area contributed by atoms with Crippen LogP contribution in [0.5, 0.6) is 0 Å². The van der Waals surface area contributed by atoms with Crippen molar-refractivity contribution in [1.82, 2.24) is 4.98 Å². The molecule has 0 radical (unpaired) electrons. The van der Waals surface area contributed by atoms with E-state index < -0.39 is 0 Å². The summed E-state index contributed by atoms with van der Waals surface area (Å²) < 4.78 is 5.22. The minimum absolute atomic E-state index is 0.324. The number of methoxy groups -OCH3 is 1. The highest BCUT2D eigenvalue weighted by molar-refractivity contribution is 6.36. The molecule has 0 atom stereocenters. The Morgan fingerprint density at radius 2 is 1.90 bits per heavy atom. The molecule has 21 heavy (non-hydrogen) atoms. The molecule has 0 saturated carbocycles. The maximum Gasteiger partial charge on any atom is 0.210 e. The summed E-state index contributed by atoms with van der Waals surface area (Å²) in [5.41, 5.74) is 2.71. The van der Waals surface area contributed by atoms with E-state index in [0.29, 0.717) is 39.7 Å². The number of nitrogens with zero attached hydrogens (tertiary/aromatic N) is 3. The molecule has 1 aliphatic heterocycles. The highest BCUT2D eigenvalue weighted by atomic mass is 35.5. The van der Waals surface area contributed by atoms with Crippen molar-refractivity contribution in [2.75, 3.05) is 13.7 Å². The Bertz CT molecular complexity index is 756. The summed E-state index contributed by atoms with van der Waals surface area (Å²) in [6, 6.07) is 11.0. The smallest absolute Gasteiger partial charge is 0.210 e. The van der Waals surface area contributed by atoms with E-state index in [9.17, 15) is 0 Å². The largest absolute Gasteiger partial charge is 0.483 e. The van der Waals surface area contributed by atoms with Gasteiger partial charge in [-0.15, -0.1) is 0 Å². The fourth-order valence-electron chi connectivity index (χ4n) is 2.06. The molecule has 0 unspecified atom stereocenters. The van der Waals surface area contributed by atoms with Crippen LogP contribution in [0.4, 0.5) is 5.69 Å². The number of hydrogen-bond acceptors (Lipinski definition) is 4. The van der Waals surface area contributed by atoms with Gasteiger partial charge in [0.1, 0.15) is 17.4 Å². The Morgan fingerprint density at radius 1 is 1.10 bits per heavy atom. The summed E-state index contributed by atoms with van der Waals surface area (Å²) in [7, 11) is 1.57. The molecule has 1 aliphatic rings. The number of halogens is 2. The lowest BCUT2D eigenvalue weighted by Crippen LogP contribution is -2.09. The first-order valence-electron chi connectivity index (χ1n) is 6.27. The molecule has 0 saturated heterocycles. The number of aliphatic imine (C=N–C) groups is 2. The molecule has 4 nitrogen and oxygen atoms in total. The summed E-state index contributed by atoms with van der Waals surface area (Å²) in [6.45, 7) is 0.324. The standard InChI is InChI=1S/C15H11Cl2N3O/c1-21-13-8-18-14(9-4-2-3-5-10(9)16)15-11(19-13)6-7-12(17)20-15/h2-7H,8H2,1H3. The number of benzene rings is 1. The number of hydrogen-bond donors (Lipinski definition) is 0. The fraction of sp³-hybridized carbons (Fsp3) is 0.133. The third kappa shape index (κ3) is 2.77. The highest BCUT2D eigenvalue weighted by Gasteiger charge is 2.20. The Labute approximate surface area is 132 Å². The van der Waals surface area contributed by atoms with Crippen molar-refractivity contribution >= 4 is 40.5 Å². The Hall–Kier alpha value is -1.91. The summed E-state index contributed by atoms with van der Waals surface area (Å²) in [4.78, 5) is 13.3. The zero-order valence-corrected chi connectivity index (χ0v) is 12.7. The molecule has 6 heteroatoms. The number of ether oxygens (including phenoxy) is 1. The third-order valence-corrected chi connectivity index (χ3v) is 3.59. The first-order chi connectivity index (χ1) is 10.2. The van der Waals surface area contributed by atoms with Crippen LogP contribution in [0.2, 0.25) is 10.2 Å². The van der Waals surface area contributed by atoms with Crippen LogP contribution in [-0.2, 0) is 4.74 Å². The lowest BCUT2D eigenvalue weighted by molar-refractivity contribution is 0.396. The number of rotatable bonds is 1. The van der Waals surface area contributed by atoms with E-state index in [1.165, 1.54) is 0 Å². The summed E-state index contributed by atoms with van der Waals surface area (Å²) in [6.07, 6.45) is 0. The predicted octanol–water partition coefficient (Wildman–Crippen LogP) is 3.92. The first-order valence-corrected chi connectivity index (χ1v) is 7.02. The molecule has 0 N–H and O–H groups in total. The van der Waals surface area contributed by atoms with Gasteiger partial charge in [-0.3, -0.25) is 4.99 Å². The van der Waals surface area contributed by atoms with Gasteiger partial charge in [0, 0.05) is 5.56 Å². The van der Waals surface area contributed by atoms with Gasteiger partial charge >= 0.3 is 0 Å². The van der Waals surface area contributed by atoms with Gasteiger partial charge in [-0.1, -0.05) is 41.4 Å². The predicted molar refractivity (Wildman–Crippen MR) is 85.3 cm³/mol. The van der Waals surface area contributed by atoms with Gasteiger partial charge in [0.25, 0.3) is 0 Å². The summed E-state index contributed by atoms with van der Waals surface area (Å²) in [5.74, 6) is 0.516. The van der Waals surface area contributed by atoms with Crippen molar-refractivity contribution in [2.24, 2.45) is 9.98 Å². The van der Waals surface area contributed by atoms with Crippen molar-refractivity contribution in [3.8, 4) is 0 Å². The zero-order chi connectivity index (χ0) is 14.8. The topological polar surface area (TPSA) is 46.8 Å². The van der Waals surface area contributed by atoms with Crippen LogP contribution in [0.25, 0.3) is 0 Å². The second-order valence-electron chi connectivity index (χ2n) is 4.36. The van der Waals surface area contributed by atoms with Crippen LogP contribution < -0.4 is 0 Å². The number of pyridine rings is 1. The maximum absolute atomic E-state index is 6.28. The summed E-state index contributed by atoms with van der Waals surface area (Å²) >= 11 is 12.3. The second-order valence-corrected chi connectivity index (χ2v) is 5.15. The van der Waals surface area contributed by atoms with E-state index in [4.69, 9.17) is 27.9 Å². The lowest BCUT2D eigenvalue weighted by Gasteiger charge is -2.09. The van der Waals surface area contributed by atoms with Crippen molar-refractivity contribution in [2.45, 2.75) is 0 Å². The number of aromatic nitrogens is 1. The van der Waals surface area contributed by atoms with Crippen molar-refractivity contribution in [1.29, 1.82) is 0 Å². The quantitative estimate of drug-likeness (QED) is 0.748. The maximum atomic E-state index is 6.28. The van der Waals surface area contributed by atoms with Gasteiger partial charge in [0.15, 0.2) is 0 Å². The van der Waals surface area contributed by atoms with Gasteiger partial charge in [-0.05, 0) is 18.2 Å². The van der Waals surface area contributed by atoms with Crippen LogP contribution in [0.1, 0.15) is 11.3 Å². The average Bonchev–Trinajstić information content (AvgIpc) is 2.67. The van der Waals surface area contributed by atoms with Crippen molar-refractivity contribution in [3.63, 3.8) is 0 Å². The Kier molecular flexibility index (Phi) is 3.90. The SMILES string of the molecule is COC1=Nc2ccc(Cl)nc2C(c2ccccc2Cl)=NC1. The number of fused-ring (bicyclic) bond motifs is 1. The molecule has 3 rings (SSSR count). The van der Waals surface area contributed by atoms with E-state index >= 15 is 0 Å². The lowest BCUT2D eigenvalue weighted by atomic mass is 10.1. The molecular weight excluding hydrogens is 309 g/mol. The Balaban J connectivity index is 2.22. The molecule has 106 valence electrons. The minimum Gasteiger partial charge on any atom is -0.483 e. The van der Waals surface area contributed by atoms with Gasteiger partial charge in [-0.25, -0.2) is 9.98 Å². The van der Waals surface area contributed by atoms with E-state index in [1.807, 2.05) is 24.3 Å². The average molecular weight is 320 g/mol. The van der Waals surface area contributed by atoms with Crippen LogP contribution in [0.15, 0.2) is 46.4 Å². The van der Waals surface area contributed by atoms with Crippen LogP contribution in [0.3, 0.4) is 0 Å². The van der Waals surface area contributed by atoms with Crippen LogP contribution >= 0.6 is 23.2 Å². The van der Waals surface area contributed by atoms with Gasteiger partial charge in [-0.2, -0.15) is 0 Å². The molecule has 0 spiro atoms. The molecular formula is C15H11Cl2N3O. The fourth-order valence-corrected chi connectivity index (χ4v) is 2.43. The second kappa shape index (κ2) is 5.84. The molecule has 0 fully saturated rings. The Morgan fingerprint density at radius 3 is 2.67 bits per heavy atom. The minimum atomic E-state index is 0.324. The third-order valence-electron chi connectivity index (χ3n) is 3.05. The van der Waals surface area contributed by atoms with Gasteiger partial charge in [0.05, 0.1) is 23.5 Å². The molecule has 0 aliphatic carbocycles. The van der Waals surface area contributed by atoms with E-state index in [-0.39, 0.29) is 0 Å². The van der Waals surface area contributed by atoms with Gasteiger partial charge < -0.3 is 4.74 Å². The van der Waals surface area contributed by atoms with Crippen LogP contribution in [0, 0.1) is 0 Å². The van der Waals surface area contributed by atoms with Crippen molar-refractivity contribution < 1.29 is 4.74 Å². The molecule has 1 aromatic carbocycles. The molecule has 2 heterocycles. The summed E-state index contributed by atoms with van der Waals surface area (Å²) in [5, 5.41) is 0.981. The highest BCUT2D eigenvalue weighted by Crippen LogP contribution is 2.28.